The maximum Gasteiger partial charge on any atom is 0.323 e. The zero-order chi connectivity index (χ0) is 33.0. The molecule has 1 aromatic carbocycles. The van der Waals surface area contributed by atoms with Crippen LogP contribution in [0, 0.1) is 5.92 Å². The summed E-state index contributed by atoms with van der Waals surface area (Å²) in [7, 11) is -3.76. The van der Waals surface area contributed by atoms with Gasteiger partial charge in [-0.15, -0.1) is 6.58 Å². The van der Waals surface area contributed by atoms with E-state index in [1.54, 1.807) is 37.7 Å². The normalized spacial score (nSPS) is 14.2. The largest absolute Gasteiger partial charge is 0.464 e. The number of nitrogen functional groups attached to an aromatic ring is 1. The summed E-state index contributed by atoms with van der Waals surface area (Å²) in [4.78, 5) is 38.8. The lowest BCUT2D eigenvalue weighted by atomic mass is 10.1. The van der Waals surface area contributed by atoms with E-state index in [0.29, 0.717) is 30.1 Å². The van der Waals surface area contributed by atoms with Crippen molar-refractivity contribution in [1.82, 2.24) is 29.7 Å². The van der Waals surface area contributed by atoms with Crippen molar-refractivity contribution < 1.29 is 28.4 Å². The van der Waals surface area contributed by atoms with Crippen LogP contribution in [0.2, 0.25) is 0 Å². The minimum Gasteiger partial charge on any atom is -0.464 e. The highest BCUT2D eigenvalue weighted by atomic mass is 31.2. The van der Waals surface area contributed by atoms with Crippen LogP contribution in [0.5, 0.6) is 0 Å². The lowest BCUT2D eigenvalue weighted by Gasteiger charge is -2.28. The number of anilines is 2. The van der Waals surface area contributed by atoms with Crippen LogP contribution in [-0.2, 0) is 41.3 Å². The van der Waals surface area contributed by atoms with Crippen LogP contribution in [0.1, 0.15) is 40.2 Å². The summed E-state index contributed by atoms with van der Waals surface area (Å²) in [6.45, 7) is 13.6. The van der Waals surface area contributed by atoms with Gasteiger partial charge >= 0.3 is 11.9 Å². The number of nitrogens with zero attached hydrogens (tertiary/aromatic N) is 4. The van der Waals surface area contributed by atoms with Crippen LogP contribution >= 0.6 is 7.44 Å². The number of fused-ring (bicyclic) bond motifs is 1. The topological polar surface area (TPSA) is 185 Å². The van der Waals surface area contributed by atoms with Crippen LogP contribution in [0.25, 0.3) is 11.2 Å². The fraction of sp³-hybridized carbons (Fsp3) is 0.500. The highest BCUT2D eigenvalue weighted by molar-refractivity contribution is 7.59. The van der Waals surface area contributed by atoms with Gasteiger partial charge in [0.05, 0.1) is 25.6 Å². The highest BCUT2D eigenvalue weighted by Gasteiger charge is 2.34. The first-order valence-electron chi connectivity index (χ1n) is 14.9. The summed E-state index contributed by atoms with van der Waals surface area (Å²) in [5.74, 6) is -0.483. The van der Waals surface area contributed by atoms with E-state index in [-0.39, 0.29) is 44.0 Å². The van der Waals surface area contributed by atoms with Crippen LogP contribution in [0.4, 0.5) is 11.8 Å². The number of esters is 2. The van der Waals surface area contributed by atoms with Gasteiger partial charge in [-0.2, -0.15) is 9.97 Å². The summed E-state index contributed by atoms with van der Waals surface area (Å²) in [6.07, 6.45) is 2.77. The molecule has 0 saturated heterocycles. The van der Waals surface area contributed by atoms with Crippen LogP contribution < -0.4 is 21.2 Å². The molecule has 5 N–H and O–H groups in total. The van der Waals surface area contributed by atoms with Crippen LogP contribution in [0.3, 0.4) is 0 Å². The molecule has 0 radical (unpaired) electrons. The summed E-state index contributed by atoms with van der Waals surface area (Å²) in [5, 5.41) is 8.91. The maximum atomic E-state index is 14.4. The molecule has 3 rings (SSSR count). The number of nitrogens with one attached hydrogen (secondary N) is 3. The average molecular weight is 645 g/mol. The first-order valence-corrected chi connectivity index (χ1v) is 16.8. The van der Waals surface area contributed by atoms with E-state index in [1.807, 2.05) is 44.2 Å². The fourth-order valence-electron chi connectivity index (χ4n) is 4.22. The van der Waals surface area contributed by atoms with Gasteiger partial charge in [0.25, 0.3) is 0 Å². The molecule has 0 bridgehead atoms. The van der Waals surface area contributed by atoms with Gasteiger partial charge in [-0.05, 0) is 38.7 Å². The summed E-state index contributed by atoms with van der Waals surface area (Å²) in [5.41, 5.74) is 7.78. The first kappa shape index (κ1) is 35.6. The van der Waals surface area contributed by atoms with Gasteiger partial charge in [-0.25, -0.2) is 15.2 Å². The number of nitrogens with two attached hydrogens (primary N) is 1. The minimum atomic E-state index is -3.76. The number of hydrogen-bond acceptors (Lipinski definition) is 11. The predicted octanol–water partition coefficient (Wildman–Crippen LogP) is 3.50. The van der Waals surface area contributed by atoms with Crippen molar-refractivity contribution in [3.63, 3.8) is 0 Å². The molecule has 3 aromatic rings. The predicted molar refractivity (Wildman–Crippen MR) is 174 cm³/mol. The van der Waals surface area contributed by atoms with Crippen molar-refractivity contribution in [2.45, 2.75) is 65.8 Å². The lowest BCUT2D eigenvalue weighted by molar-refractivity contribution is -0.149. The molecule has 3 unspecified atom stereocenters. The Morgan fingerprint density at radius 2 is 1.82 bits per heavy atom. The van der Waals surface area contributed by atoms with Crippen LogP contribution in [-0.4, -0.2) is 75.8 Å². The Balaban J connectivity index is 1.79. The molecule has 0 spiro atoms. The molecule has 15 heteroatoms. The molecule has 0 amide bonds. The van der Waals surface area contributed by atoms with E-state index >= 15 is 0 Å². The Morgan fingerprint density at radius 3 is 2.49 bits per heavy atom. The summed E-state index contributed by atoms with van der Waals surface area (Å²) in [6, 6.07) is 7.37. The number of benzene rings is 1. The number of carbonyl (C=O) groups is 2. The molecule has 3 atom stereocenters. The Morgan fingerprint density at radius 1 is 1.09 bits per heavy atom. The number of ether oxygens (including phenoxy) is 3. The number of hydrogen-bond donors (Lipinski definition) is 4. The minimum absolute atomic E-state index is 0.0747. The van der Waals surface area contributed by atoms with E-state index in [2.05, 4.69) is 37.0 Å². The molecule has 0 fully saturated rings. The van der Waals surface area contributed by atoms with E-state index in [9.17, 15) is 14.2 Å². The van der Waals surface area contributed by atoms with Gasteiger partial charge in [0.2, 0.25) is 13.4 Å². The summed E-state index contributed by atoms with van der Waals surface area (Å²) < 4.78 is 32.8. The van der Waals surface area contributed by atoms with Crippen molar-refractivity contribution in [2.75, 3.05) is 37.2 Å². The van der Waals surface area contributed by atoms with Gasteiger partial charge in [0.15, 0.2) is 17.0 Å². The third-order valence-corrected chi connectivity index (χ3v) is 8.32. The van der Waals surface area contributed by atoms with Crippen molar-refractivity contribution >= 4 is 42.3 Å². The van der Waals surface area contributed by atoms with Gasteiger partial charge < -0.3 is 29.8 Å². The van der Waals surface area contributed by atoms with E-state index in [1.165, 1.54) is 0 Å². The van der Waals surface area contributed by atoms with Gasteiger partial charge in [-0.1, -0.05) is 50.3 Å². The third-order valence-electron chi connectivity index (χ3n) is 6.24. The summed E-state index contributed by atoms with van der Waals surface area (Å²) >= 11 is 0. The Hall–Kier alpha value is -3.84. The Bertz CT molecular complexity index is 1470. The first-order chi connectivity index (χ1) is 21.4. The van der Waals surface area contributed by atoms with E-state index < -0.39 is 31.5 Å². The second-order valence-electron chi connectivity index (χ2n) is 11.2. The molecule has 0 aliphatic heterocycles. The second-order valence-corrected chi connectivity index (χ2v) is 13.5. The third kappa shape index (κ3) is 11.2. The molecule has 0 aliphatic carbocycles. The molecule has 246 valence electrons. The molecular weight excluding hydrogens is 599 g/mol. The van der Waals surface area contributed by atoms with Crippen molar-refractivity contribution in [2.24, 2.45) is 5.92 Å². The number of carbonyl (C=O) groups excluding carboxylic acids is 2. The quantitative estimate of drug-likeness (QED) is 0.0644. The Labute approximate surface area is 264 Å². The number of rotatable bonds is 19. The zero-order valence-corrected chi connectivity index (χ0v) is 27.5. The van der Waals surface area contributed by atoms with Crippen molar-refractivity contribution in [3.8, 4) is 0 Å². The maximum absolute atomic E-state index is 14.4. The smallest absolute Gasteiger partial charge is 0.323 e. The highest BCUT2D eigenvalue weighted by Crippen LogP contribution is 2.38. The standard InChI is InChI=1S/C30H45N8O6P/c1-7-13-32-26-25-27(35-30(31)34-26)38(18-33-25)14-15-42-19-45(41,36-22(6)28(39)44-21(4)5)37-24(29(40)43-17-20(2)3)16-23-11-9-8-10-12-23/h7-12,18,20-22,24H,1,13-17,19H2,2-6H3,(H2,36,37,41)(H3,31,32,34,35). The van der Waals surface area contributed by atoms with Gasteiger partial charge in [0, 0.05) is 13.1 Å². The molecule has 2 heterocycles. The molecule has 14 nitrogen and oxygen atoms in total. The van der Waals surface area contributed by atoms with Gasteiger partial charge in [-0.3, -0.25) is 14.2 Å². The molecule has 0 saturated carbocycles. The molecular formula is C30H45N8O6P. The number of imidazole rings is 1. The van der Waals surface area contributed by atoms with Gasteiger partial charge in [0.1, 0.15) is 18.4 Å². The Kier molecular flexibility index (Phi) is 13.5. The molecule has 45 heavy (non-hydrogen) atoms. The van der Waals surface area contributed by atoms with E-state index in [0.717, 1.165) is 5.56 Å². The monoisotopic (exact) mass is 644 g/mol. The SMILES string of the molecule is C=CCNc1nc(N)nc2c1ncn2CCOCP(=O)(NC(C)C(=O)OC(C)C)NC(Cc1ccccc1)C(=O)OCC(C)C. The van der Waals surface area contributed by atoms with Crippen molar-refractivity contribution in [1.29, 1.82) is 0 Å². The van der Waals surface area contributed by atoms with E-state index in [4.69, 9.17) is 19.9 Å². The molecule has 2 aromatic heterocycles. The van der Waals surface area contributed by atoms with Crippen molar-refractivity contribution in [3.05, 3.63) is 54.9 Å². The molecule has 0 aliphatic rings. The zero-order valence-electron chi connectivity index (χ0n) is 26.6. The van der Waals surface area contributed by atoms with Crippen LogP contribution in [0.15, 0.2) is 49.3 Å². The second kappa shape index (κ2) is 17.0. The fourth-order valence-corrected chi connectivity index (χ4v) is 6.26. The number of aromatic nitrogens is 4. The lowest BCUT2D eigenvalue weighted by Crippen LogP contribution is -2.45. The average Bonchev–Trinajstić information content (AvgIpc) is 3.39.